The van der Waals surface area contributed by atoms with E-state index in [1.807, 2.05) is 0 Å². The predicted molar refractivity (Wildman–Crippen MR) is 84.0 cm³/mol. The molecule has 0 unspecified atom stereocenters. The highest BCUT2D eigenvalue weighted by molar-refractivity contribution is 7.89. The van der Waals surface area contributed by atoms with Gasteiger partial charge in [-0.1, -0.05) is 0 Å². The molecule has 23 heavy (non-hydrogen) atoms. The first-order valence-electron chi connectivity index (χ1n) is 6.65. The van der Waals surface area contributed by atoms with Crippen molar-refractivity contribution in [2.24, 2.45) is 0 Å². The number of sulfonamides is 1. The molecule has 1 aromatic carbocycles. The number of aromatic amines is 1. The Morgan fingerprint density at radius 3 is 2.74 bits per heavy atom. The van der Waals surface area contributed by atoms with Gasteiger partial charge >= 0.3 is 5.69 Å². The number of fused-ring (bicyclic) bond motifs is 1. The Labute approximate surface area is 131 Å². The van der Waals surface area contributed by atoms with Crippen LogP contribution in [0.5, 0.6) is 5.75 Å². The van der Waals surface area contributed by atoms with Gasteiger partial charge in [0.25, 0.3) is 0 Å². The second kappa shape index (κ2) is 5.52. The summed E-state index contributed by atoms with van der Waals surface area (Å²) in [6.45, 7) is 0. The molecule has 120 valence electrons. The molecule has 0 saturated carbocycles. The smallest absolute Gasteiger partial charge is 0.331 e. The van der Waals surface area contributed by atoms with Crippen LogP contribution in [0.3, 0.4) is 0 Å². The third kappa shape index (κ3) is 2.60. The van der Waals surface area contributed by atoms with Crippen molar-refractivity contribution in [3.8, 4) is 17.0 Å². The summed E-state index contributed by atoms with van der Waals surface area (Å²) in [5, 5.41) is 0. The van der Waals surface area contributed by atoms with Crippen LogP contribution >= 0.6 is 0 Å². The van der Waals surface area contributed by atoms with Gasteiger partial charge in [0, 0.05) is 24.0 Å². The van der Waals surface area contributed by atoms with Crippen LogP contribution in [0, 0.1) is 0 Å². The minimum Gasteiger partial charge on any atom is -0.496 e. The Bertz CT molecular complexity index is 1040. The number of benzene rings is 1. The Balaban J connectivity index is 2.19. The van der Waals surface area contributed by atoms with Crippen molar-refractivity contribution in [3.63, 3.8) is 0 Å². The maximum absolute atomic E-state index is 11.9. The molecule has 0 saturated heterocycles. The van der Waals surface area contributed by atoms with Crippen LogP contribution in [0.25, 0.3) is 16.9 Å². The molecule has 0 aliphatic carbocycles. The van der Waals surface area contributed by atoms with E-state index in [0.717, 1.165) is 0 Å². The summed E-state index contributed by atoms with van der Waals surface area (Å²) in [5.41, 5.74) is 1.27. The summed E-state index contributed by atoms with van der Waals surface area (Å²) in [7, 11) is -0.793. The number of aromatic nitrogens is 3. The maximum atomic E-state index is 11.9. The lowest BCUT2D eigenvalue weighted by Gasteiger charge is -2.09. The first-order chi connectivity index (χ1) is 11.0. The fourth-order valence-corrected chi connectivity index (χ4v) is 2.97. The molecule has 3 aromatic rings. The Hall–Kier alpha value is -2.65. The number of H-pyrrole nitrogens is 1. The van der Waals surface area contributed by atoms with Crippen molar-refractivity contribution < 1.29 is 13.2 Å². The Morgan fingerprint density at radius 2 is 2.09 bits per heavy atom. The van der Waals surface area contributed by atoms with Crippen molar-refractivity contribution >= 4 is 15.7 Å². The quantitative estimate of drug-likeness (QED) is 0.727. The van der Waals surface area contributed by atoms with Crippen LogP contribution in [-0.4, -0.2) is 36.9 Å². The molecule has 0 aliphatic heterocycles. The summed E-state index contributed by atoms with van der Waals surface area (Å²) in [4.78, 5) is 18.8. The van der Waals surface area contributed by atoms with Crippen molar-refractivity contribution in [3.05, 3.63) is 47.1 Å². The van der Waals surface area contributed by atoms with Crippen LogP contribution in [0.1, 0.15) is 0 Å². The number of nitrogens with one attached hydrogen (secondary N) is 2. The molecule has 0 amide bonds. The number of hydrogen-bond acceptors (Lipinski definition) is 5. The summed E-state index contributed by atoms with van der Waals surface area (Å²) in [6, 6.07) is 6.13. The number of nitrogens with zero attached hydrogens (tertiary/aromatic N) is 2. The minimum atomic E-state index is -3.57. The van der Waals surface area contributed by atoms with Gasteiger partial charge in [-0.15, -0.1) is 0 Å². The molecule has 0 radical (unpaired) electrons. The Kier molecular flexibility index (Phi) is 3.66. The molecule has 3 rings (SSSR count). The van der Waals surface area contributed by atoms with Gasteiger partial charge < -0.3 is 9.72 Å². The zero-order valence-electron chi connectivity index (χ0n) is 12.4. The van der Waals surface area contributed by atoms with Gasteiger partial charge in [0.1, 0.15) is 11.4 Å². The fraction of sp³-hybridized carbons (Fsp3) is 0.143. The van der Waals surface area contributed by atoms with Crippen LogP contribution in [0.2, 0.25) is 0 Å². The number of hydrogen-bond donors (Lipinski definition) is 2. The van der Waals surface area contributed by atoms with Gasteiger partial charge in [-0.2, -0.15) is 0 Å². The summed E-state index contributed by atoms with van der Waals surface area (Å²) >= 11 is 0. The zero-order valence-corrected chi connectivity index (χ0v) is 13.2. The first-order valence-corrected chi connectivity index (χ1v) is 8.13. The van der Waals surface area contributed by atoms with E-state index in [2.05, 4.69) is 14.7 Å². The SMILES string of the molecule is CNS(=O)(=O)c1ccc(-c2cn3c(=O)[nH]ccc3n2)c(OC)c1. The van der Waals surface area contributed by atoms with Crippen LogP contribution in [0.15, 0.2) is 46.3 Å². The molecule has 8 nitrogen and oxygen atoms in total. The van der Waals surface area contributed by atoms with Crippen molar-refractivity contribution in [1.29, 1.82) is 0 Å². The third-order valence-electron chi connectivity index (χ3n) is 3.42. The molecular formula is C14H14N4O4S. The van der Waals surface area contributed by atoms with Gasteiger partial charge in [0.15, 0.2) is 0 Å². The van der Waals surface area contributed by atoms with Gasteiger partial charge in [-0.25, -0.2) is 22.9 Å². The highest BCUT2D eigenvalue weighted by atomic mass is 32.2. The number of rotatable bonds is 4. The first kappa shape index (κ1) is 15.3. The average molecular weight is 334 g/mol. The van der Waals surface area contributed by atoms with Gasteiger partial charge in [0.2, 0.25) is 10.0 Å². The zero-order chi connectivity index (χ0) is 16.6. The molecule has 2 N–H and O–H groups in total. The second-order valence-corrected chi connectivity index (χ2v) is 6.59. The van der Waals surface area contributed by atoms with E-state index in [1.54, 1.807) is 18.3 Å². The van der Waals surface area contributed by atoms with Crippen molar-refractivity contribution in [2.45, 2.75) is 4.90 Å². The normalized spacial score (nSPS) is 11.7. The van der Waals surface area contributed by atoms with Gasteiger partial charge in [-0.05, 0) is 25.2 Å². The van der Waals surface area contributed by atoms with Crippen LogP contribution in [0.4, 0.5) is 0 Å². The predicted octanol–water partition coefficient (Wildman–Crippen LogP) is 0.606. The molecule has 2 heterocycles. The monoisotopic (exact) mass is 334 g/mol. The molecular weight excluding hydrogens is 320 g/mol. The lowest BCUT2D eigenvalue weighted by molar-refractivity contribution is 0.415. The molecule has 0 bridgehead atoms. The summed E-state index contributed by atoms with van der Waals surface area (Å²) in [6.07, 6.45) is 3.08. The largest absolute Gasteiger partial charge is 0.496 e. The van der Waals surface area contributed by atoms with E-state index in [1.165, 1.54) is 36.9 Å². The lowest BCUT2D eigenvalue weighted by atomic mass is 10.1. The standard InChI is InChI=1S/C14H14N4O4S/c1-15-23(20,21)9-3-4-10(12(7-9)22-2)11-8-18-13(17-11)5-6-16-14(18)19/h3-8,15H,1-2H3,(H,16,19). The molecule has 0 atom stereocenters. The van der Waals surface area contributed by atoms with Crippen molar-refractivity contribution in [1.82, 2.24) is 19.1 Å². The van der Waals surface area contributed by atoms with Crippen molar-refractivity contribution in [2.75, 3.05) is 14.2 Å². The maximum Gasteiger partial charge on any atom is 0.331 e. The highest BCUT2D eigenvalue weighted by Crippen LogP contribution is 2.31. The van der Waals surface area contributed by atoms with E-state index < -0.39 is 10.0 Å². The minimum absolute atomic E-state index is 0.0854. The van der Waals surface area contributed by atoms with Gasteiger partial charge in [0.05, 0.1) is 17.7 Å². The number of methoxy groups -OCH3 is 1. The summed E-state index contributed by atoms with van der Waals surface area (Å²) < 4.78 is 32.6. The third-order valence-corrected chi connectivity index (χ3v) is 4.83. The average Bonchev–Trinajstić information content (AvgIpc) is 2.99. The molecule has 9 heteroatoms. The number of ether oxygens (including phenoxy) is 1. The second-order valence-electron chi connectivity index (χ2n) is 4.71. The topological polar surface area (TPSA) is 106 Å². The molecule has 2 aromatic heterocycles. The van der Waals surface area contributed by atoms with Gasteiger partial charge in [-0.3, -0.25) is 4.40 Å². The molecule has 0 aliphatic rings. The fourth-order valence-electron chi connectivity index (χ4n) is 2.23. The van der Waals surface area contributed by atoms with E-state index in [-0.39, 0.29) is 10.6 Å². The van der Waals surface area contributed by atoms with Crippen LogP contribution in [-0.2, 0) is 10.0 Å². The van der Waals surface area contributed by atoms with E-state index in [9.17, 15) is 13.2 Å². The van der Waals surface area contributed by atoms with E-state index in [0.29, 0.717) is 22.7 Å². The highest BCUT2D eigenvalue weighted by Gasteiger charge is 2.17. The van der Waals surface area contributed by atoms with Crippen LogP contribution < -0.4 is 15.1 Å². The summed E-state index contributed by atoms with van der Waals surface area (Å²) in [5.74, 6) is 0.348. The Morgan fingerprint density at radius 1 is 1.30 bits per heavy atom. The van der Waals surface area contributed by atoms with E-state index in [4.69, 9.17) is 4.74 Å². The van der Waals surface area contributed by atoms with E-state index >= 15 is 0 Å². The number of imidazole rings is 1. The molecule has 0 fully saturated rings. The molecule has 0 spiro atoms. The lowest BCUT2D eigenvalue weighted by Crippen LogP contribution is -2.18.